The molecule has 0 heterocycles. The van der Waals surface area contributed by atoms with Crippen molar-refractivity contribution in [1.82, 2.24) is 0 Å². The maximum atomic E-state index is 9.14. The fraction of sp³-hybridized carbons (Fsp3) is 1.00. The zero-order chi connectivity index (χ0) is 5.30. The summed E-state index contributed by atoms with van der Waals surface area (Å²) in [6.07, 6.45) is 2.94. The van der Waals surface area contributed by atoms with Gasteiger partial charge >= 0.3 is 0 Å². The van der Waals surface area contributed by atoms with Crippen LogP contribution in [0.5, 0.6) is 0 Å². The number of aliphatic hydroxyl groups is 1. The molecular weight excluding hydrogens is 100 g/mol. The molecule has 0 bridgehead atoms. The number of aliphatic hydroxyl groups excluding tert-OH is 1. The highest BCUT2D eigenvalue weighted by Crippen LogP contribution is 2.69. The van der Waals surface area contributed by atoms with Crippen LogP contribution in [0.3, 0.4) is 0 Å². The lowest BCUT2D eigenvalue weighted by Crippen LogP contribution is -1.91. The largest absolute Gasteiger partial charge is 0.393 e. The Morgan fingerprint density at radius 1 is 1.12 bits per heavy atom. The van der Waals surface area contributed by atoms with Gasteiger partial charge in [-0.3, -0.25) is 0 Å². The number of hydrogen-bond donors (Lipinski definition) is 1. The molecule has 3 saturated carbocycles. The number of hydrogen-bond acceptors (Lipinski definition) is 1. The fourth-order valence-corrected chi connectivity index (χ4v) is 2.61. The first-order valence-electron chi connectivity index (χ1n) is 3.56. The van der Waals surface area contributed by atoms with Crippen LogP contribution in [0.15, 0.2) is 0 Å². The van der Waals surface area contributed by atoms with Gasteiger partial charge in [-0.05, 0) is 36.5 Å². The summed E-state index contributed by atoms with van der Waals surface area (Å²) in [5.74, 6) is 3.59. The summed E-state index contributed by atoms with van der Waals surface area (Å²) >= 11 is 0. The van der Waals surface area contributed by atoms with Crippen LogP contribution < -0.4 is 0 Å². The maximum Gasteiger partial charge on any atom is 0.0606 e. The summed E-state index contributed by atoms with van der Waals surface area (Å²) in [6, 6.07) is 0. The van der Waals surface area contributed by atoms with Gasteiger partial charge in [-0.1, -0.05) is 0 Å². The zero-order valence-corrected chi connectivity index (χ0v) is 4.75. The summed E-state index contributed by atoms with van der Waals surface area (Å²) in [5.41, 5.74) is 0. The molecule has 3 aliphatic carbocycles. The Balaban J connectivity index is 1.93. The van der Waals surface area contributed by atoms with Gasteiger partial charge in [-0.2, -0.15) is 0 Å². The molecule has 3 rings (SSSR count). The van der Waals surface area contributed by atoms with Gasteiger partial charge in [-0.25, -0.2) is 0 Å². The van der Waals surface area contributed by atoms with Gasteiger partial charge < -0.3 is 5.11 Å². The molecule has 0 spiro atoms. The monoisotopic (exact) mass is 110 g/mol. The SMILES string of the molecule is O[C@@H]1[C@@H]2C[C@H]3C[C@H]3[C@H]12. The smallest absolute Gasteiger partial charge is 0.0606 e. The van der Waals surface area contributed by atoms with Gasteiger partial charge in [0.15, 0.2) is 0 Å². The Bertz CT molecular complexity index is 141. The third-order valence-electron chi connectivity index (χ3n) is 3.23. The third-order valence-corrected chi connectivity index (χ3v) is 3.23. The van der Waals surface area contributed by atoms with Crippen LogP contribution in [-0.4, -0.2) is 11.2 Å². The van der Waals surface area contributed by atoms with Crippen molar-refractivity contribution in [3.05, 3.63) is 0 Å². The molecule has 8 heavy (non-hydrogen) atoms. The molecule has 0 aromatic rings. The first kappa shape index (κ1) is 3.89. The highest BCUT2D eigenvalue weighted by atomic mass is 16.3. The molecule has 1 N–H and O–H groups in total. The molecule has 3 aliphatic rings. The Kier molecular flexibility index (Phi) is 0.418. The Hall–Kier alpha value is -0.0400. The van der Waals surface area contributed by atoms with Crippen LogP contribution in [0.1, 0.15) is 12.8 Å². The van der Waals surface area contributed by atoms with E-state index in [1.165, 1.54) is 12.8 Å². The average molecular weight is 110 g/mol. The second-order valence-electron chi connectivity index (χ2n) is 3.63. The van der Waals surface area contributed by atoms with Crippen LogP contribution in [0, 0.1) is 23.7 Å². The zero-order valence-electron chi connectivity index (χ0n) is 4.75. The molecular formula is C7H10O. The van der Waals surface area contributed by atoms with E-state index >= 15 is 0 Å². The predicted octanol–water partition coefficient (Wildman–Crippen LogP) is 0.633. The molecule has 1 nitrogen and oxygen atoms in total. The van der Waals surface area contributed by atoms with Gasteiger partial charge in [0.25, 0.3) is 0 Å². The summed E-state index contributed by atoms with van der Waals surface area (Å²) in [4.78, 5) is 0. The van der Waals surface area contributed by atoms with E-state index in [1.807, 2.05) is 0 Å². The van der Waals surface area contributed by atoms with Gasteiger partial charge in [0.1, 0.15) is 0 Å². The van der Waals surface area contributed by atoms with Crippen molar-refractivity contribution < 1.29 is 5.11 Å². The van der Waals surface area contributed by atoms with Crippen molar-refractivity contribution in [3.63, 3.8) is 0 Å². The second-order valence-corrected chi connectivity index (χ2v) is 3.63. The van der Waals surface area contributed by atoms with Gasteiger partial charge in [0.05, 0.1) is 6.10 Å². The quantitative estimate of drug-likeness (QED) is 0.485. The summed E-state index contributed by atoms with van der Waals surface area (Å²) in [5, 5.41) is 9.14. The van der Waals surface area contributed by atoms with Crippen molar-refractivity contribution in [1.29, 1.82) is 0 Å². The summed E-state index contributed by atoms with van der Waals surface area (Å²) in [7, 11) is 0. The molecule has 0 unspecified atom stereocenters. The average Bonchev–Trinajstić information content (AvgIpc) is 2.57. The molecule has 0 aromatic carbocycles. The van der Waals surface area contributed by atoms with E-state index in [2.05, 4.69) is 0 Å². The lowest BCUT2D eigenvalue weighted by Gasteiger charge is -1.89. The maximum absolute atomic E-state index is 9.14. The molecule has 1 heteroatoms. The molecule has 0 saturated heterocycles. The molecule has 5 atom stereocenters. The van der Waals surface area contributed by atoms with Crippen LogP contribution in [0.25, 0.3) is 0 Å². The second kappa shape index (κ2) is 0.860. The molecule has 0 amide bonds. The van der Waals surface area contributed by atoms with Gasteiger partial charge in [-0.15, -0.1) is 0 Å². The van der Waals surface area contributed by atoms with Crippen molar-refractivity contribution in [3.8, 4) is 0 Å². The van der Waals surface area contributed by atoms with Crippen molar-refractivity contribution in [2.45, 2.75) is 18.9 Å². The molecule has 0 radical (unpaired) electrons. The van der Waals surface area contributed by atoms with Gasteiger partial charge in [0, 0.05) is 0 Å². The predicted molar refractivity (Wildman–Crippen MR) is 29.2 cm³/mol. The minimum absolute atomic E-state index is 0.138. The van der Waals surface area contributed by atoms with Crippen molar-refractivity contribution in [2.75, 3.05) is 0 Å². The lowest BCUT2D eigenvalue weighted by atomic mass is 10.2. The first-order valence-corrected chi connectivity index (χ1v) is 3.56. The van der Waals surface area contributed by atoms with E-state index in [0.29, 0.717) is 0 Å². The molecule has 3 fully saturated rings. The van der Waals surface area contributed by atoms with E-state index in [4.69, 9.17) is 5.11 Å². The van der Waals surface area contributed by atoms with Crippen LogP contribution in [-0.2, 0) is 0 Å². The van der Waals surface area contributed by atoms with Crippen molar-refractivity contribution in [2.24, 2.45) is 23.7 Å². The van der Waals surface area contributed by atoms with Crippen LogP contribution in [0.2, 0.25) is 0 Å². The molecule has 44 valence electrons. The van der Waals surface area contributed by atoms with Crippen LogP contribution >= 0.6 is 0 Å². The van der Waals surface area contributed by atoms with E-state index in [0.717, 1.165) is 23.7 Å². The third kappa shape index (κ3) is 0.255. The van der Waals surface area contributed by atoms with Crippen molar-refractivity contribution >= 4 is 0 Å². The summed E-state index contributed by atoms with van der Waals surface area (Å²) < 4.78 is 0. The number of fused-ring (bicyclic) bond motifs is 3. The minimum atomic E-state index is 0.138. The highest BCUT2D eigenvalue weighted by Gasteiger charge is 2.67. The van der Waals surface area contributed by atoms with E-state index in [1.54, 1.807) is 0 Å². The molecule has 0 aromatic heterocycles. The highest BCUT2D eigenvalue weighted by molar-refractivity contribution is 5.16. The normalized spacial score (nSPS) is 73.9. The Morgan fingerprint density at radius 3 is 2.38 bits per heavy atom. The minimum Gasteiger partial charge on any atom is -0.393 e. The Morgan fingerprint density at radius 2 is 1.88 bits per heavy atom. The van der Waals surface area contributed by atoms with E-state index in [9.17, 15) is 0 Å². The summed E-state index contributed by atoms with van der Waals surface area (Å²) in [6.45, 7) is 0. The Labute approximate surface area is 48.7 Å². The van der Waals surface area contributed by atoms with Gasteiger partial charge in [0.2, 0.25) is 0 Å². The number of rotatable bonds is 0. The lowest BCUT2D eigenvalue weighted by molar-refractivity contribution is 0.231. The topological polar surface area (TPSA) is 20.2 Å². The van der Waals surface area contributed by atoms with E-state index in [-0.39, 0.29) is 6.10 Å². The van der Waals surface area contributed by atoms with E-state index < -0.39 is 0 Å². The standard InChI is InChI=1S/C7H10O/c8-7-5-2-3-1-4(3)6(5)7/h3-8H,1-2H2/t3-,4-,5-,6+,7-/m1/s1. The first-order chi connectivity index (χ1) is 3.88. The van der Waals surface area contributed by atoms with Crippen LogP contribution in [0.4, 0.5) is 0 Å². The fourth-order valence-electron chi connectivity index (χ4n) is 2.61. The molecule has 0 aliphatic heterocycles.